The minimum absolute atomic E-state index is 0.000722. The number of nitrogens with one attached hydrogen (secondary N) is 1. The van der Waals surface area contributed by atoms with Crippen LogP contribution in [0.25, 0.3) is 10.8 Å². The highest BCUT2D eigenvalue weighted by Crippen LogP contribution is 2.49. The van der Waals surface area contributed by atoms with Crippen molar-refractivity contribution in [3.8, 4) is 0 Å². The van der Waals surface area contributed by atoms with Gasteiger partial charge in [-0.2, -0.15) is 4.98 Å². The molecule has 0 radical (unpaired) electrons. The van der Waals surface area contributed by atoms with Gasteiger partial charge >= 0.3 is 0 Å². The second-order valence-electron chi connectivity index (χ2n) is 13.7. The highest BCUT2D eigenvalue weighted by atomic mass is 32.2. The fourth-order valence-electron chi connectivity index (χ4n) is 7.35. The molecule has 1 aromatic carbocycles. The van der Waals surface area contributed by atoms with E-state index in [0.717, 1.165) is 22.0 Å². The summed E-state index contributed by atoms with van der Waals surface area (Å²) in [5.41, 5.74) is 1.12. The lowest BCUT2D eigenvalue weighted by Gasteiger charge is -2.62. The summed E-state index contributed by atoms with van der Waals surface area (Å²) in [6, 6.07) is 8.14. The summed E-state index contributed by atoms with van der Waals surface area (Å²) in [4.78, 5) is 32.4. The Kier molecular flexibility index (Phi) is 7.80. The molecule has 2 aromatic heterocycles. The number of hydrogen-bond acceptors (Lipinski definition) is 10. The number of carbonyl (C=O) groups is 1. The first kappa shape index (κ1) is 31.2. The topological polar surface area (TPSA) is 132 Å². The van der Waals surface area contributed by atoms with Crippen molar-refractivity contribution in [2.75, 3.05) is 53.3 Å². The van der Waals surface area contributed by atoms with Crippen LogP contribution < -0.4 is 15.1 Å². The number of likely N-dealkylation sites (tertiary alicyclic amines) is 1. The largest absolute Gasteiger partial charge is 0.390 e. The molecule has 3 aromatic rings. The van der Waals surface area contributed by atoms with Crippen molar-refractivity contribution in [2.24, 2.45) is 5.92 Å². The average Bonchev–Trinajstić information content (AvgIpc) is 2.95. The van der Waals surface area contributed by atoms with Gasteiger partial charge in [0.1, 0.15) is 21.5 Å². The van der Waals surface area contributed by atoms with Crippen molar-refractivity contribution >= 4 is 49.8 Å². The standard InChI is InChI=1S/C33H43N7O4S/c1-7-30(41)39-18-22(19-39)23-8-9-27(40-21(2)26(32(40,3)4)20-45(6,43)44)25-17-35-29(16-24(23)25)36-28-10-13-34-31(37-28)38-14-11-33(5,42)12-15-38/h7-10,13,16-17,21-22,26,42H,1,11-12,14-15,18-20H2,2-6H3,(H,34,35,36,37)/t21-,26-/m1/s1. The zero-order valence-electron chi connectivity index (χ0n) is 26.7. The summed E-state index contributed by atoms with van der Waals surface area (Å²) >= 11 is 0. The zero-order valence-corrected chi connectivity index (χ0v) is 27.5. The minimum atomic E-state index is -3.13. The maximum atomic E-state index is 12.2. The molecule has 0 bridgehead atoms. The molecular formula is C33H43N7O4S. The first-order chi connectivity index (χ1) is 21.2. The summed E-state index contributed by atoms with van der Waals surface area (Å²) in [7, 11) is -3.13. The lowest BCUT2D eigenvalue weighted by molar-refractivity contribution is -0.130. The molecule has 6 rings (SSSR count). The molecule has 5 heterocycles. The number of piperidine rings is 1. The predicted molar refractivity (Wildman–Crippen MR) is 178 cm³/mol. The van der Waals surface area contributed by atoms with E-state index in [0.29, 0.717) is 56.6 Å². The molecule has 12 heteroatoms. The molecule has 2 atom stereocenters. The van der Waals surface area contributed by atoms with Crippen molar-refractivity contribution in [2.45, 2.75) is 63.6 Å². The van der Waals surface area contributed by atoms with Gasteiger partial charge in [-0.05, 0) is 75.8 Å². The minimum Gasteiger partial charge on any atom is -0.390 e. The van der Waals surface area contributed by atoms with Crippen LogP contribution in [0.5, 0.6) is 0 Å². The van der Waals surface area contributed by atoms with Crippen molar-refractivity contribution < 1.29 is 18.3 Å². The fourth-order valence-corrected chi connectivity index (χ4v) is 8.68. The van der Waals surface area contributed by atoms with Gasteiger partial charge in [-0.1, -0.05) is 12.6 Å². The van der Waals surface area contributed by atoms with E-state index in [1.807, 2.05) is 25.3 Å². The van der Waals surface area contributed by atoms with E-state index < -0.39 is 15.4 Å². The van der Waals surface area contributed by atoms with E-state index in [1.54, 1.807) is 11.1 Å². The SMILES string of the molecule is C=CC(=O)N1CC(c2ccc(N3[C@H](C)[C@@H](CS(C)(=O)=O)C3(C)C)c3cnc(Nc4ccnc(N5CCC(C)(O)CC5)n4)cc23)C1. The number of hydrogen-bond donors (Lipinski definition) is 2. The monoisotopic (exact) mass is 633 g/mol. The number of rotatable bonds is 8. The van der Waals surface area contributed by atoms with Crippen LogP contribution in [0.2, 0.25) is 0 Å². The van der Waals surface area contributed by atoms with Crippen LogP contribution in [0, 0.1) is 5.92 Å². The molecule has 3 aliphatic heterocycles. The third-order valence-electron chi connectivity index (χ3n) is 10.0. The van der Waals surface area contributed by atoms with Crippen LogP contribution in [-0.2, 0) is 14.6 Å². The number of nitrogens with zero attached hydrogens (tertiary/aromatic N) is 6. The number of anilines is 4. The molecule has 3 saturated heterocycles. The number of sulfone groups is 1. The summed E-state index contributed by atoms with van der Waals surface area (Å²) in [5, 5.41) is 15.7. The van der Waals surface area contributed by atoms with Crippen LogP contribution >= 0.6 is 0 Å². The van der Waals surface area contributed by atoms with Gasteiger partial charge in [0.2, 0.25) is 11.9 Å². The number of aromatic nitrogens is 3. The van der Waals surface area contributed by atoms with Crippen molar-refractivity contribution in [3.63, 3.8) is 0 Å². The fraction of sp³-hybridized carbons (Fsp3) is 0.515. The molecule has 0 aliphatic carbocycles. The third-order valence-corrected chi connectivity index (χ3v) is 11.0. The van der Waals surface area contributed by atoms with Crippen molar-refractivity contribution in [3.05, 3.63) is 54.9 Å². The Balaban J connectivity index is 1.33. The van der Waals surface area contributed by atoms with E-state index in [4.69, 9.17) is 9.97 Å². The highest BCUT2D eigenvalue weighted by molar-refractivity contribution is 7.90. The number of fused-ring (bicyclic) bond motifs is 1. The van der Waals surface area contributed by atoms with Crippen molar-refractivity contribution in [1.82, 2.24) is 19.9 Å². The summed E-state index contributed by atoms with van der Waals surface area (Å²) in [6.07, 6.45) is 7.57. The molecular weight excluding hydrogens is 590 g/mol. The lowest BCUT2D eigenvalue weighted by Crippen LogP contribution is -2.71. The maximum absolute atomic E-state index is 12.2. The summed E-state index contributed by atoms with van der Waals surface area (Å²) in [5.74, 6) is 2.11. The van der Waals surface area contributed by atoms with Gasteiger partial charge in [-0.15, -0.1) is 0 Å². The first-order valence-electron chi connectivity index (χ1n) is 15.6. The molecule has 1 amide bonds. The molecule has 2 N–H and O–H groups in total. The Morgan fingerprint density at radius 3 is 2.47 bits per heavy atom. The molecule has 240 valence electrons. The molecule has 3 fully saturated rings. The van der Waals surface area contributed by atoms with Gasteiger partial charge in [0.25, 0.3) is 0 Å². The Morgan fingerprint density at radius 1 is 1.11 bits per heavy atom. The molecule has 0 saturated carbocycles. The first-order valence-corrected chi connectivity index (χ1v) is 17.6. The Bertz CT molecular complexity index is 1740. The normalized spacial score (nSPS) is 22.9. The number of amides is 1. The average molecular weight is 634 g/mol. The van der Waals surface area contributed by atoms with Gasteiger partial charge in [-0.3, -0.25) is 4.79 Å². The predicted octanol–water partition coefficient (Wildman–Crippen LogP) is 3.88. The third kappa shape index (κ3) is 5.97. The number of aliphatic hydroxyl groups is 1. The highest BCUT2D eigenvalue weighted by Gasteiger charge is 2.53. The number of pyridine rings is 1. The molecule has 11 nitrogen and oxygen atoms in total. The Morgan fingerprint density at radius 2 is 1.82 bits per heavy atom. The van der Waals surface area contributed by atoms with Crippen LogP contribution in [0.4, 0.5) is 23.3 Å². The van der Waals surface area contributed by atoms with Crippen LogP contribution in [0.3, 0.4) is 0 Å². The lowest BCUT2D eigenvalue weighted by atomic mass is 9.71. The van der Waals surface area contributed by atoms with Crippen LogP contribution in [0.1, 0.15) is 52.0 Å². The number of benzene rings is 1. The van der Waals surface area contributed by atoms with E-state index in [-0.39, 0.29) is 35.1 Å². The van der Waals surface area contributed by atoms with E-state index in [9.17, 15) is 18.3 Å². The molecule has 3 aliphatic rings. The molecule has 45 heavy (non-hydrogen) atoms. The van der Waals surface area contributed by atoms with Crippen LogP contribution in [-0.4, -0.2) is 94.7 Å². The summed E-state index contributed by atoms with van der Waals surface area (Å²) in [6.45, 7) is 14.4. The van der Waals surface area contributed by atoms with E-state index in [1.165, 1.54) is 12.3 Å². The second-order valence-corrected chi connectivity index (χ2v) is 15.9. The van der Waals surface area contributed by atoms with Crippen molar-refractivity contribution in [1.29, 1.82) is 0 Å². The van der Waals surface area contributed by atoms with Gasteiger partial charge in [0.15, 0.2) is 0 Å². The molecule has 0 unspecified atom stereocenters. The van der Waals surface area contributed by atoms with Crippen LogP contribution in [0.15, 0.2) is 49.3 Å². The van der Waals surface area contributed by atoms with Gasteiger partial charge in [0, 0.05) is 79.3 Å². The summed E-state index contributed by atoms with van der Waals surface area (Å²) < 4.78 is 24.4. The Labute approximate surface area is 265 Å². The number of carbonyl (C=O) groups excluding carboxylic acids is 1. The van der Waals surface area contributed by atoms with E-state index >= 15 is 0 Å². The zero-order chi connectivity index (χ0) is 32.3. The Hall–Kier alpha value is -3.77. The quantitative estimate of drug-likeness (QED) is 0.352. The maximum Gasteiger partial charge on any atom is 0.245 e. The molecule has 0 spiro atoms. The smallest absolute Gasteiger partial charge is 0.245 e. The van der Waals surface area contributed by atoms with Gasteiger partial charge in [-0.25, -0.2) is 18.4 Å². The van der Waals surface area contributed by atoms with E-state index in [2.05, 4.69) is 59.6 Å². The van der Waals surface area contributed by atoms with Gasteiger partial charge < -0.3 is 25.1 Å². The van der Waals surface area contributed by atoms with Gasteiger partial charge in [0.05, 0.1) is 11.4 Å². The second kappa shape index (κ2) is 11.2.